The Balaban J connectivity index is 2.58. The Kier molecular flexibility index (Phi) is 6.76. The fourth-order valence-corrected chi connectivity index (χ4v) is 1.98. The zero-order valence-electron chi connectivity index (χ0n) is 11.6. The van der Waals surface area contributed by atoms with Gasteiger partial charge in [0.25, 0.3) is 0 Å². The minimum atomic E-state index is -0.240. The Bertz CT molecular complexity index is 322. The highest BCUT2D eigenvalue weighted by Crippen LogP contribution is 2.21. The van der Waals surface area contributed by atoms with Gasteiger partial charge in [0.05, 0.1) is 13.2 Å². The molecule has 0 spiro atoms. The van der Waals surface area contributed by atoms with E-state index in [-0.39, 0.29) is 6.10 Å². The minimum absolute atomic E-state index is 0.240. The van der Waals surface area contributed by atoms with Crippen LogP contribution in [-0.2, 0) is 0 Å². The van der Waals surface area contributed by atoms with E-state index >= 15 is 0 Å². The highest BCUT2D eigenvalue weighted by molar-refractivity contribution is 5.29. The summed E-state index contributed by atoms with van der Waals surface area (Å²) in [6.45, 7) is 4.85. The Morgan fingerprint density at radius 2 is 1.89 bits per heavy atom. The molecule has 0 amide bonds. The van der Waals surface area contributed by atoms with Gasteiger partial charge in [-0.1, -0.05) is 25.5 Å². The third-order valence-electron chi connectivity index (χ3n) is 3.05. The van der Waals surface area contributed by atoms with Gasteiger partial charge in [-0.15, -0.1) is 0 Å². The number of hydrogen-bond acceptors (Lipinski definition) is 3. The number of rotatable bonds is 8. The van der Waals surface area contributed by atoms with Gasteiger partial charge in [0.15, 0.2) is 0 Å². The van der Waals surface area contributed by atoms with Gasteiger partial charge in [-0.3, -0.25) is 0 Å². The van der Waals surface area contributed by atoms with E-state index in [1.165, 1.54) is 5.56 Å². The van der Waals surface area contributed by atoms with Crippen molar-refractivity contribution in [2.24, 2.45) is 0 Å². The van der Waals surface area contributed by atoms with Crippen LogP contribution in [-0.4, -0.2) is 24.9 Å². The zero-order valence-corrected chi connectivity index (χ0v) is 11.6. The minimum Gasteiger partial charge on any atom is -0.497 e. The molecule has 0 saturated heterocycles. The smallest absolute Gasteiger partial charge is 0.118 e. The van der Waals surface area contributed by atoms with Crippen LogP contribution in [0, 0.1) is 0 Å². The third-order valence-corrected chi connectivity index (χ3v) is 3.05. The first kappa shape index (κ1) is 15.0. The van der Waals surface area contributed by atoms with Crippen LogP contribution < -0.4 is 10.1 Å². The van der Waals surface area contributed by atoms with Gasteiger partial charge in [-0.05, 0) is 44.0 Å². The van der Waals surface area contributed by atoms with Gasteiger partial charge in [0.1, 0.15) is 5.75 Å². The molecule has 0 heterocycles. The summed E-state index contributed by atoms with van der Waals surface area (Å²) in [5.41, 5.74) is 1.28. The molecule has 0 aliphatic carbocycles. The molecular formula is C15H25NO2. The summed E-state index contributed by atoms with van der Waals surface area (Å²) in [7, 11) is 1.68. The SMILES string of the molecule is CCCC(NCCC(C)O)c1ccc(OC)cc1. The maximum atomic E-state index is 9.28. The molecule has 1 aromatic rings. The molecule has 102 valence electrons. The van der Waals surface area contributed by atoms with E-state index in [4.69, 9.17) is 4.74 Å². The van der Waals surface area contributed by atoms with Crippen molar-refractivity contribution in [3.8, 4) is 5.75 Å². The lowest BCUT2D eigenvalue weighted by Gasteiger charge is -2.19. The van der Waals surface area contributed by atoms with Gasteiger partial charge in [0, 0.05) is 6.04 Å². The summed E-state index contributed by atoms with van der Waals surface area (Å²) in [5.74, 6) is 0.887. The molecule has 3 heteroatoms. The summed E-state index contributed by atoms with van der Waals surface area (Å²) in [6, 6.07) is 8.56. The van der Waals surface area contributed by atoms with Gasteiger partial charge >= 0.3 is 0 Å². The number of hydrogen-bond donors (Lipinski definition) is 2. The molecule has 2 N–H and O–H groups in total. The van der Waals surface area contributed by atoms with Crippen LogP contribution in [0.1, 0.15) is 44.7 Å². The van der Waals surface area contributed by atoms with Crippen LogP contribution in [0.5, 0.6) is 5.75 Å². The lowest BCUT2D eigenvalue weighted by Crippen LogP contribution is -2.24. The van der Waals surface area contributed by atoms with E-state index in [1.807, 2.05) is 19.1 Å². The Morgan fingerprint density at radius 1 is 1.22 bits per heavy atom. The predicted octanol–water partition coefficient (Wildman–Crippen LogP) is 2.90. The predicted molar refractivity (Wildman–Crippen MR) is 74.9 cm³/mol. The number of aliphatic hydroxyl groups excluding tert-OH is 1. The Morgan fingerprint density at radius 3 is 2.39 bits per heavy atom. The summed E-state index contributed by atoms with van der Waals surface area (Å²) in [6.07, 6.45) is 2.79. The first-order valence-electron chi connectivity index (χ1n) is 6.72. The lowest BCUT2D eigenvalue weighted by atomic mass is 10.0. The number of ether oxygens (including phenoxy) is 1. The molecular weight excluding hydrogens is 226 g/mol. The highest BCUT2D eigenvalue weighted by atomic mass is 16.5. The van der Waals surface area contributed by atoms with E-state index in [0.29, 0.717) is 6.04 Å². The van der Waals surface area contributed by atoms with Crippen molar-refractivity contribution in [3.63, 3.8) is 0 Å². The molecule has 0 bridgehead atoms. The average molecular weight is 251 g/mol. The van der Waals surface area contributed by atoms with E-state index in [0.717, 1.165) is 31.6 Å². The number of aliphatic hydroxyl groups is 1. The molecule has 0 saturated carbocycles. The normalized spacial score (nSPS) is 14.2. The number of benzene rings is 1. The quantitative estimate of drug-likeness (QED) is 0.746. The molecule has 2 unspecified atom stereocenters. The van der Waals surface area contributed by atoms with Crippen LogP contribution in [0.15, 0.2) is 24.3 Å². The number of nitrogens with one attached hydrogen (secondary N) is 1. The first-order chi connectivity index (χ1) is 8.67. The molecule has 1 aromatic carbocycles. The fraction of sp³-hybridized carbons (Fsp3) is 0.600. The highest BCUT2D eigenvalue weighted by Gasteiger charge is 2.10. The van der Waals surface area contributed by atoms with Crippen LogP contribution in [0.3, 0.4) is 0 Å². The van der Waals surface area contributed by atoms with Crippen molar-refractivity contribution in [1.82, 2.24) is 5.32 Å². The second kappa shape index (κ2) is 8.11. The van der Waals surface area contributed by atoms with Gasteiger partial charge in [-0.2, -0.15) is 0 Å². The van der Waals surface area contributed by atoms with Crippen molar-refractivity contribution < 1.29 is 9.84 Å². The molecule has 0 fully saturated rings. The van der Waals surface area contributed by atoms with Crippen molar-refractivity contribution in [2.75, 3.05) is 13.7 Å². The van der Waals surface area contributed by atoms with E-state index in [2.05, 4.69) is 24.4 Å². The molecule has 0 aliphatic heterocycles. The lowest BCUT2D eigenvalue weighted by molar-refractivity contribution is 0.182. The summed E-state index contributed by atoms with van der Waals surface area (Å²) >= 11 is 0. The Hall–Kier alpha value is -1.06. The van der Waals surface area contributed by atoms with Crippen LogP contribution >= 0.6 is 0 Å². The van der Waals surface area contributed by atoms with Crippen LogP contribution in [0.25, 0.3) is 0 Å². The molecule has 1 rings (SSSR count). The van der Waals surface area contributed by atoms with E-state index in [9.17, 15) is 5.11 Å². The third kappa shape index (κ3) is 5.07. The molecule has 18 heavy (non-hydrogen) atoms. The van der Waals surface area contributed by atoms with Crippen LogP contribution in [0.2, 0.25) is 0 Å². The average Bonchev–Trinajstić information content (AvgIpc) is 2.37. The molecule has 2 atom stereocenters. The van der Waals surface area contributed by atoms with Gasteiger partial charge in [-0.25, -0.2) is 0 Å². The van der Waals surface area contributed by atoms with Crippen molar-refractivity contribution in [1.29, 1.82) is 0 Å². The fourth-order valence-electron chi connectivity index (χ4n) is 1.98. The number of methoxy groups -OCH3 is 1. The molecule has 3 nitrogen and oxygen atoms in total. The van der Waals surface area contributed by atoms with Crippen molar-refractivity contribution >= 4 is 0 Å². The standard InChI is InChI=1S/C15H25NO2/c1-4-5-15(16-11-10-12(2)17)13-6-8-14(18-3)9-7-13/h6-9,12,15-17H,4-5,10-11H2,1-3H3. The second-order valence-electron chi connectivity index (χ2n) is 4.71. The van der Waals surface area contributed by atoms with Crippen LogP contribution in [0.4, 0.5) is 0 Å². The Labute approximate surface area is 110 Å². The second-order valence-corrected chi connectivity index (χ2v) is 4.71. The van der Waals surface area contributed by atoms with Gasteiger partial charge in [0.2, 0.25) is 0 Å². The van der Waals surface area contributed by atoms with Crippen molar-refractivity contribution in [3.05, 3.63) is 29.8 Å². The largest absolute Gasteiger partial charge is 0.497 e. The maximum absolute atomic E-state index is 9.28. The zero-order chi connectivity index (χ0) is 13.4. The van der Waals surface area contributed by atoms with Gasteiger partial charge < -0.3 is 15.2 Å². The summed E-state index contributed by atoms with van der Waals surface area (Å²) < 4.78 is 5.17. The topological polar surface area (TPSA) is 41.5 Å². The summed E-state index contributed by atoms with van der Waals surface area (Å²) in [4.78, 5) is 0. The molecule has 0 aliphatic rings. The first-order valence-corrected chi connectivity index (χ1v) is 6.72. The maximum Gasteiger partial charge on any atom is 0.118 e. The van der Waals surface area contributed by atoms with Crippen molar-refractivity contribution in [2.45, 2.75) is 45.3 Å². The molecule has 0 aromatic heterocycles. The summed E-state index contributed by atoms with van der Waals surface area (Å²) in [5, 5.41) is 12.8. The monoisotopic (exact) mass is 251 g/mol. The van der Waals surface area contributed by atoms with E-state index in [1.54, 1.807) is 7.11 Å². The molecule has 0 radical (unpaired) electrons. The van der Waals surface area contributed by atoms with E-state index < -0.39 is 0 Å².